The normalized spacial score (nSPS) is 13.8. The van der Waals surface area contributed by atoms with Crippen molar-refractivity contribution in [2.24, 2.45) is 0 Å². The molecule has 3 aromatic carbocycles. The molecule has 3 aromatic rings. The molecule has 3 rings (SSSR count). The van der Waals surface area contributed by atoms with Crippen LogP contribution in [0.25, 0.3) is 10.8 Å². The van der Waals surface area contributed by atoms with Crippen molar-refractivity contribution < 1.29 is 13.2 Å². The van der Waals surface area contributed by atoms with E-state index in [0.717, 1.165) is 6.07 Å². The van der Waals surface area contributed by atoms with Crippen LogP contribution < -0.4 is 5.32 Å². The van der Waals surface area contributed by atoms with Gasteiger partial charge in [0, 0.05) is 12.6 Å². The minimum absolute atomic E-state index is 0. The Morgan fingerprint density at radius 1 is 0.889 bits per heavy atom. The molecule has 2 atom stereocenters. The van der Waals surface area contributed by atoms with Crippen molar-refractivity contribution >= 4 is 23.2 Å². The maximum atomic E-state index is 12.9. The Bertz CT molecular complexity index is 887. The highest BCUT2D eigenvalue weighted by Crippen LogP contribution is 2.31. The zero-order valence-electron chi connectivity index (χ0n) is 15.3. The zero-order valence-corrected chi connectivity index (χ0v) is 16.1. The van der Waals surface area contributed by atoms with Gasteiger partial charge in [0.05, 0.1) is 5.56 Å². The van der Waals surface area contributed by atoms with Gasteiger partial charge in [-0.15, -0.1) is 12.4 Å². The lowest BCUT2D eigenvalue weighted by molar-refractivity contribution is -0.137. The number of hydrogen-bond acceptors (Lipinski definition) is 1. The van der Waals surface area contributed by atoms with Crippen molar-refractivity contribution in [3.63, 3.8) is 0 Å². The molecule has 0 aliphatic heterocycles. The molecule has 0 saturated heterocycles. The molecule has 0 amide bonds. The average molecular weight is 394 g/mol. The van der Waals surface area contributed by atoms with Gasteiger partial charge in [-0.05, 0) is 40.8 Å². The third kappa shape index (κ3) is 5.02. The molecule has 1 N–H and O–H groups in total. The van der Waals surface area contributed by atoms with Gasteiger partial charge in [-0.2, -0.15) is 13.2 Å². The summed E-state index contributed by atoms with van der Waals surface area (Å²) in [5.74, 6) is -0.0188. The van der Waals surface area contributed by atoms with Crippen LogP contribution in [0.15, 0.2) is 66.7 Å². The fraction of sp³-hybridized carbons (Fsp3) is 0.273. The van der Waals surface area contributed by atoms with E-state index in [0.29, 0.717) is 12.1 Å². The molecule has 0 radical (unpaired) electrons. The first-order valence-electron chi connectivity index (χ1n) is 8.74. The monoisotopic (exact) mass is 393 g/mol. The van der Waals surface area contributed by atoms with Crippen LogP contribution in [0.2, 0.25) is 0 Å². The van der Waals surface area contributed by atoms with Gasteiger partial charge in [0.1, 0.15) is 0 Å². The van der Waals surface area contributed by atoms with Gasteiger partial charge >= 0.3 is 6.18 Å². The van der Waals surface area contributed by atoms with Crippen LogP contribution in [-0.2, 0) is 6.18 Å². The first kappa shape index (κ1) is 21.3. The Morgan fingerprint density at radius 2 is 1.56 bits per heavy atom. The maximum absolute atomic E-state index is 12.9. The first-order valence-corrected chi connectivity index (χ1v) is 8.74. The Hall–Kier alpha value is -2.04. The van der Waals surface area contributed by atoms with Crippen LogP contribution in [0, 0.1) is 0 Å². The highest BCUT2D eigenvalue weighted by Gasteiger charge is 2.30. The standard InChI is InChI=1S/C22H22F3N.ClH/c1-15(18-9-5-10-19(13-18)22(23,24)25)14-26-16(2)20-12-6-8-17-7-3-4-11-21(17)20;/h3-13,15-16,26H,14H2,1-2H3;1H/t15-,16-;/m1./s1. The molecule has 0 aliphatic carbocycles. The fourth-order valence-corrected chi connectivity index (χ4v) is 3.23. The van der Waals surface area contributed by atoms with E-state index < -0.39 is 11.7 Å². The van der Waals surface area contributed by atoms with Crippen molar-refractivity contribution in [2.45, 2.75) is 32.0 Å². The largest absolute Gasteiger partial charge is 0.416 e. The number of halogens is 4. The van der Waals surface area contributed by atoms with Crippen LogP contribution in [0.3, 0.4) is 0 Å². The van der Waals surface area contributed by atoms with Crippen molar-refractivity contribution in [1.29, 1.82) is 0 Å². The lowest BCUT2D eigenvalue weighted by Gasteiger charge is -2.20. The minimum Gasteiger partial charge on any atom is -0.310 e. The molecule has 0 saturated carbocycles. The second kappa shape index (κ2) is 8.77. The summed E-state index contributed by atoms with van der Waals surface area (Å²) in [6, 6.07) is 20.1. The highest BCUT2D eigenvalue weighted by atomic mass is 35.5. The number of alkyl halides is 3. The van der Waals surface area contributed by atoms with E-state index in [1.807, 2.05) is 25.1 Å². The van der Waals surface area contributed by atoms with Gasteiger partial charge in [0.2, 0.25) is 0 Å². The molecular weight excluding hydrogens is 371 g/mol. The van der Waals surface area contributed by atoms with Gasteiger partial charge in [0.25, 0.3) is 0 Å². The number of benzene rings is 3. The first-order chi connectivity index (χ1) is 12.4. The molecule has 0 bridgehead atoms. The van der Waals surface area contributed by atoms with E-state index in [1.54, 1.807) is 6.07 Å². The summed E-state index contributed by atoms with van der Waals surface area (Å²) in [7, 11) is 0. The van der Waals surface area contributed by atoms with Gasteiger partial charge < -0.3 is 5.32 Å². The Morgan fingerprint density at radius 3 is 2.30 bits per heavy atom. The second-order valence-corrected chi connectivity index (χ2v) is 6.72. The molecule has 0 aliphatic rings. The molecule has 27 heavy (non-hydrogen) atoms. The van der Waals surface area contributed by atoms with E-state index in [-0.39, 0.29) is 24.4 Å². The Labute approximate surface area is 164 Å². The highest BCUT2D eigenvalue weighted by molar-refractivity contribution is 5.86. The molecular formula is C22H23ClF3N. The summed E-state index contributed by atoms with van der Waals surface area (Å²) in [4.78, 5) is 0. The van der Waals surface area contributed by atoms with Gasteiger partial charge in [-0.3, -0.25) is 0 Å². The van der Waals surface area contributed by atoms with Crippen LogP contribution in [0.4, 0.5) is 13.2 Å². The predicted molar refractivity (Wildman–Crippen MR) is 107 cm³/mol. The number of fused-ring (bicyclic) bond motifs is 1. The lowest BCUT2D eigenvalue weighted by atomic mass is 9.96. The quantitative estimate of drug-likeness (QED) is 0.506. The van der Waals surface area contributed by atoms with E-state index in [4.69, 9.17) is 0 Å². The Kier molecular flexibility index (Phi) is 6.90. The molecule has 5 heteroatoms. The maximum Gasteiger partial charge on any atom is 0.416 e. The summed E-state index contributed by atoms with van der Waals surface area (Å²) >= 11 is 0. The minimum atomic E-state index is -4.31. The van der Waals surface area contributed by atoms with Crippen LogP contribution in [0.5, 0.6) is 0 Å². The van der Waals surface area contributed by atoms with Gasteiger partial charge in [-0.1, -0.05) is 67.6 Å². The smallest absolute Gasteiger partial charge is 0.310 e. The molecule has 0 aromatic heterocycles. The SMILES string of the molecule is C[C@H](CN[C@H](C)c1cccc2ccccc12)c1cccc(C(F)(F)F)c1.Cl. The molecule has 1 nitrogen and oxygen atoms in total. The average Bonchev–Trinajstić information content (AvgIpc) is 2.64. The summed E-state index contributed by atoms with van der Waals surface area (Å²) < 4.78 is 38.7. The van der Waals surface area contributed by atoms with E-state index >= 15 is 0 Å². The van der Waals surface area contributed by atoms with Crippen LogP contribution in [-0.4, -0.2) is 6.54 Å². The number of hydrogen-bond donors (Lipinski definition) is 1. The summed E-state index contributed by atoms with van der Waals surface area (Å²) in [6.07, 6.45) is -4.31. The predicted octanol–water partition coefficient (Wildman–Crippen LogP) is 6.73. The molecule has 0 unspecified atom stereocenters. The van der Waals surface area contributed by atoms with E-state index in [9.17, 15) is 13.2 Å². The summed E-state index contributed by atoms with van der Waals surface area (Å²) in [5, 5.41) is 5.85. The van der Waals surface area contributed by atoms with Crippen LogP contribution in [0.1, 0.15) is 42.5 Å². The van der Waals surface area contributed by atoms with Gasteiger partial charge in [-0.25, -0.2) is 0 Å². The fourth-order valence-electron chi connectivity index (χ4n) is 3.23. The Balaban J connectivity index is 0.00000261. The topological polar surface area (TPSA) is 12.0 Å². The van der Waals surface area contributed by atoms with Gasteiger partial charge in [0.15, 0.2) is 0 Å². The third-order valence-electron chi connectivity index (χ3n) is 4.80. The second-order valence-electron chi connectivity index (χ2n) is 6.72. The van der Waals surface area contributed by atoms with Crippen molar-refractivity contribution in [1.82, 2.24) is 5.32 Å². The molecule has 144 valence electrons. The molecule has 0 spiro atoms. The number of nitrogens with one attached hydrogen (secondary N) is 1. The van der Waals surface area contributed by atoms with E-state index in [1.165, 1.54) is 28.5 Å². The third-order valence-corrected chi connectivity index (χ3v) is 4.80. The lowest BCUT2D eigenvalue weighted by Crippen LogP contribution is -2.24. The van der Waals surface area contributed by atoms with Crippen LogP contribution >= 0.6 is 12.4 Å². The zero-order chi connectivity index (χ0) is 18.7. The molecule has 0 fully saturated rings. The van der Waals surface area contributed by atoms with Crippen molar-refractivity contribution in [2.75, 3.05) is 6.54 Å². The summed E-state index contributed by atoms with van der Waals surface area (Å²) in [5.41, 5.74) is 1.29. The number of rotatable bonds is 5. The molecule has 0 heterocycles. The van der Waals surface area contributed by atoms with Crippen molar-refractivity contribution in [3.05, 3.63) is 83.4 Å². The summed E-state index contributed by atoms with van der Waals surface area (Å²) in [6.45, 7) is 4.63. The van der Waals surface area contributed by atoms with E-state index in [2.05, 4.69) is 36.5 Å². The van der Waals surface area contributed by atoms with Crippen molar-refractivity contribution in [3.8, 4) is 0 Å².